The van der Waals surface area contributed by atoms with Crippen LogP contribution in [0.2, 0.25) is 5.02 Å². The molecule has 0 amide bonds. The van der Waals surface area contributed by atoms with E-state index in [2.05, 4.69) is 10.3 Å². The standard InChI is InChI=1S/C12H11ClN2/c13-11-6-4-10(5-7-11)9-15-12-3-1-2-8-14-12/h1-8H,9H2,(H,14,15)/p+1. The molecule has 1 aromatic carbocycles. The van der Waals surface area contributed by atoms with Gasteiger partial charge in [-0.05, 0) is 23.8 Å². The quantitative estimate of drug-likeness (QED) is 0.844. The molecule has 0 aliphatic rings. The number of pyridine rings is 1. The summed E-state index contributed by atoms with van der Waals surface area (Å²) in [4.78, 5) is 3.11. The summed E-state index contributed by atoms with van der Waals surface area (Å²) in [6.45, 7) is 0.789. The summed E-state index contributed by atoms with van der Waals surface area (Å²) >= 11 is 5.80. The molecule has 3 heteroatoms. The fourth-order valence-corrected chi connectivity index (χ4v) is 1.43. The number of anilines is 1. The summed E-state index contributed by atoms with van der Waals surface area (Å²) in [6, 6.07) is 13.8. The summed E-state index contributed by atoms with van der Waals surface area (Å²) in [5, 5.41) is 4.05. The maximum Gasteiger partial charge on any atom is 0.272 e. The highest BCUT2D eigenvalue weighted by molar-refractivity contribution is 6.30. The number of hydrogen-bond acceptors (Lipinski definition) is 1. The van der Waals surface area contributed by atoms with E-state index in [9.17, 15) is 0 Å². The van der Waals surface area contributed by atoms with Crippen LogP contribution in [-0.4, -0.2) is 0 Å². The van der Waals surface area contributed by atoms with Gasteiger partial charge in [-0.25, -0.2) is 4.98 Å². The molecule has 15 heavy (non-hydrogen) atoms. The first-order chi connectivity index (χ1) is 7.34. The molecule has 0 radical (unpaired) electrons. The second-order valence-corrected chi connectivity index (χ2v) is 3.69. The van der Waals surface area contributed by atoms with Gasteiger partial charge in [-0.2, -0.15) is 0 Å². The van der Waals surface area contributed by atoms with Crippen molar-refractivity contribution in [3.63, 3.8) is 0 Å². The third-order valence-corrected chi connectivity index (χ3v) is 2.36. The Morgan fingerprint density at radius 1 is 1.07 bits per heavy atom. The number of rotatable bonds is 3. The first kappa shape index (κ1) is 9.99. The van der Waals surface area contributed by atoms with E-state index in [0.717, 1.165) is 17.4 Å². The van der Waals surface area contributed by atoms with Crippen molar-refractivity contribution in [3.8, 4) is 0 Å². The predicted molar refractivity (Wildman–Crippen MR) is 61.8 cm³/mol. The second-order valence-electron chi connectivity index (χ2n) is 3.26. The van der Waals surface area contributed by atoms with E-state index in [1.54, 1.807) is 0 Å². The summed E-state index contributed by atoms with van der Waals surface area (Å²) in [6.07, 6.45) is 1.89. The van der Waals surface area contributed by atoms with E-state index in [1.165, 1.54) is 5.56 Å². The minimum atomic E-state index is 0.769. The van der Waals surface area contributed by atoms with E-state index >= 15 is 0 Å². The zero-order chi connectivity index (χ0) is 10.5. The lowest BCUT2D eigenvalue weighted by atomic mass is 10.2. The molecule has 1 heterocycles. The molecule has 0 atom stereocenters. The number of aromatic amines is 1. The molecular formula is C12H12ClN2+. The molecule has 0 aliphatic carbocycles. The lowest BCUT2D eigenvalue weighted by Gasteiger charge is -1.99. The van der Waals surface area contributed by atoms with Crippen molar-refractivity contribution < 1.29 is 4.98 Å². The van der Waals surface area contributed by atoms with Crippen molar-refractivity contribution in [2.75, 3.05) is 5.32 Å². The van der Waals surface area contributed by atoms with Gasteiger partial charge >= 0.3 is 0 Å². The monoisotopic (exact) mass is 219 g/mol. The SMILES string of the molecule is Clc1ccc(CNc2cccc[nH+]2)cc1. The number of benzene rings is 1. The molecule has 1 aromatic heterocycles. The van der Waals surface area contributed by atoms with Crippen molar-refractivity contribution in [3.05, 3.63) is 59.2 Å². The molecule has 0 saturated carbocycles. The Morgan fingerprint density at radius 2 is 1.87 bits per heavy atom. The number of nitrogens with one attached hydrogen (secondary N) is 2. The number of H-pyrrole nitrogens is 1. The van der Waals surface area contributed by atoms with Crippen LogP contribution in [0.4, 0.5) is 5.82 Å². The Hall–Kier alpha value is -1.54. The summed E-state index contributed by atoms with van der Waals surface area (Å²) in [5.74, 6) is 1.01. The molecule has 0 spiro atoms. The van der Waals surface area contributed by atoms with Gasteiger partial charge in [0.2, 0.25) is 0 Å². The Labute approximate surface area is 93.9 Å². The fourth-order valence-electron chi connectivity index (χ4n) is 1.30. The molecule has 2 rings (SSSR count). The van der Waals surface area contributed by atoms with Crippen LogP contribution < -0.4 is 10.3 Å². The number of halogens is 1. The van der Waals surface area contributed by atoms with E-state index in [1.807, 2.05) is 48.7 Å². The van der Waals surface area contributed by atoms with Gasteiger partial charge in [0, 0.05) is 11.1 Å². The smallest absolute Gasteiger partial charge is 0.270 e. The molecule has 0 fully saturated rings. The number of hydrogen-bond donors (Lipinski definition) is 1. The zero-order valence-corrected chi connectivity index (χ0v) is 8.96. The van der Waals surface area contributed by atoms with Crippen LogP contribution in [0.3, 0.4) is 0 Å². The first-order valence-electron chi connectivity index (χ1n) is 4.79. The molecule has 76 valence electrons. The Morgan fingerprint density at radius 3 is 2.53 bits per heavy atom. The average Bonchev–Trinajstić information content (AvgIpc) is 2.30. The Bertz CT molecular complexity index is 411. The van der Waals surface area contributed by atoms with E-state index in [-0.39, 0.29) is 0 Å². The molecule has 0 bridgehead atoms. The van der Waals surface area contributed by atoms with Crippen LogP contribution in [-0.2, 0) is 6.54 Å². The van der Waals surface area contributed by atoms with Crippen molar-refractivity contribution in [2.24, 2.45) is 0 Å². The van der Waals surface area contributed by atoms with Gasteiger partial charge in [-0.1, -0.05) is 29.8 Å². The first-order valence-corrected chi connectivity index (χ1v) is 5.17. The summed E-state index contributed by atoms with van der Waals surface area (Å²) < 4.78 is 0. The minimum absolute atomic E-state index is 0.769. The van der Waals surface area contributed by atoms with Crippen LogP contribution in [0.25, 0.3) is 0 Å². The van der Waals surface area contributed by atoms with Crippen molar-refractivity contribution >= 4 is 17.4 Å². The van der Waals surface area contributed by atoms with E-state index < -0.39 is 0 Å². The molecule has 0 aliphatic heterocycles. The molecule has 2 N–H and O–H groups in total. The van der Waals surface area contributed by atoms with Crippen LogP contribution >= 0.6 is 11.6 Å². The highest BCUT2D eigenvalue weighted by atomic mass is 35.5. The van der Waals surface area contributed by atoms with Gasteiger partial charge in [0.1, 0.15) is 6.54 Å². The number of aromatic nitrogens is 1. The zero-order valence-electron chi connectivity index (χ0n) is 8.20. The maximum atomic E-state index is 5.80. The molecule has 2 aromatic rings. The van der Waals surface area contributed by atoms with Gasteiger partial charge in [-0.15, -0.1) is 0 Å². The van der Waals surface area contributed by atoms with Gasteiger partial charge in [-0.3, -0.25) is 5.32 Å². The molecule has 0 saturated heterocycles. The Kier molecular flexibility index (Phi) is 3.20. The van der Waals surface area contributed by atoms with Crippen molar-refractivity contribution in [1.82, 2.24) is 0 Å². The van der Waals surface area contributed by atoms with E-state index in [0.29, 0.717) is 0 Å². The highest BCUT2D eigenvalue weighted by Crippen LogP contribution is 2.10. The van der Waals surface area contributed by atoms with Crippen LogP contribution in [0.5, 0.6) is 0 Å². The highest BCUT2D eigenvalue weighted by Gasteiger charge is 1.99. The molecular weight excluding hydrogens is 208 g/mol. The summed E-state index contributed by atoms with van der Waals surface area (Å²) in [7, 11) is 0. The van der Waals surface area contributed by atoms with E-state index in [4.69, 9.17) is 11.6 Å². The third-order valence-electron chi connectivity index (χ3n) is 2.11. The Balaban J connectivity index is 1.96. The average molecular weight is 220 g/mol. The topological polar surface area (TPSA) is 26.2 Å². The normalized spacial score (nSPS) is 9.93. The van der Waals surface area contributed by atoms with Crippen molar-refractivity contribution in [1.29, 1.82) is 0 Å². The molecule has 2 nitrogen and oxygen atoms in total. The van der Waals surface area contributed by atoms with Crippen LogP contribution in [0.15, 0.2) is 48.7 Å². The third kappa shape index (κ3) is 2.96. The van der Waals surface area contributed by atoms with Gasteiger partial charge < -0.3 is 0 Å². The van der Waals surface area contributed by atoms with Gasteiger partial charge in [0.15, 0.2) is 0 Å². The molecule has 0 unspecified atom stereocenters. The van der Waals surface area contributed by atoms with Gasteiger partial charge in [0.05, 0.1) is 6.20 Å². The van der Waals surface area contributed by atoms with Crippen molar-refractivity contribution in [2.45, 2.75) is 6.54 Å². The second kappa shape index (κ2) is 4.80. The predicted octanol–water partition coefficient (Wildman–Crippen LogP) is 2.77. The minimum Gasteiger partial charge on any atom is -0.270 e. The van der Waals surface area contributed by atoms with Gasteiger partial charge in [0.25, 0.3) is 5.82 Å². The lowest BCUT2D eigenvalue weighted by molar-refractivity contribution is -0.361. The lowest BCUT2D eigenvalue weighted by Crippen LogP contribution is -2.11. The largest absolute Gasteiger partial charge is 0.272 e. The fraction of sp³-hybridized carbons (Fsp3) is 0.0833. The maximum absolute atomic E-state index is 5.80. The van der Waals surface area contributed by atoms with Crippen LogP contribution in [0.1, 0.15) is 5.56 Å². The van der Waals surface area contributed by atoms with Crippen LogP contribution in [0, 0.1) is 0 Å². The summed E-state index contributed by atoms with van der Waals surface area (Å²) in [5.41, 5.74) is 1.21.